The van der Waals surface area contributed by atoms with E-state index in [9.17, 15) is 0 Å². The van der Waals surface area contributed by atoms with Gasteiger partial charge in [-0.15, -0.1) is 0 Å². The van der Waals surface area contributed by atoms with Crippen molar-refractivity contribution in [1.29, 1.82) is 0 Å². The van der Waals surface area contributed by atoms with Crippen LogP contribution in [0.3, 0.4) is 0 Å². The highest BCUT2D eigenvalue weighted by atomic mass is 32.1. The summed E-state index contributed by atoms with van der Waals surface area (Å²) in [7, 11) is 5.37. The van der Waals surface area contributed by atoms with Crippen molar-refractivity contribution in [3.8, 4) is 0 Å². The van der Waals surface area contributed by atoms with Crippen molar-refractivity contribution in [3.63, 3.8) is 0 Å². The van der Waals surface area contributed by atoms with Gasteiger partial charge in [0.25, 0.3) is 0 Å². The zero-order valence-electron chi connectivity index (χ0n) is 5.03. The summed E-state index contributed by atoms with van der Waals surface area (Å²) in [6.45, 7) is 0. The second-order valence-electron chi connectivity index (χ2n) is 2.20. The number of aliphatic hydroxyl groups is 1. The molecule has 0 unspecified atom stereocenters. The summed E-state index contributed by atoms with van der Waals surface area (Å²) in [5.41, 5.74) is 0. The number of thiol groups is 1. The van der Waals surface area contributed by atoms with Crippen LogP contribution in [0.5, 0.6) is 0 Å². The van der Waals surface area contributed by atoms with E-state index in [1.165, 1.54) is 0 Å². The number of hydrogen-bond acceptors (Lipinski definition) is 3. The van der Waals surface area contributed by atoms with Crippen LogP contribution >= 0.6 is 12.6 Å². The van der Waals surface area contributed by atoms with E-state index in [2.05, 4.69) is 12.6 Å². The van der Waals surface area contributed by atoms with E-state index >= 15 is 0 Å². The summed E-state index contributed by atoms with van der Waals surface area (Å²) in [6, 6.07) is -0.294. The van der Waals surface area contributed by atoms with Crippen molar-refractivity contribution in [2.45, 2.75) is 24.6 Å². The first-order valence-electron chi connectivity index (χ1n) is 2.94. The summed E-state index contributed by atoms with van der Waals surface area (Å²) >= 11 is 3.98. The average Bonchev–Trinajstić information content (AvgIpc) is 2.10. The van der Waals surface area contributed by atoms with Crippen LogP contribution in [-0.4, -0.2) is 36.9 Å². The first-order chi connectivity index (χ1) is 4.24. The van der Waals surface area contributed by atoms with Crippen molar-refractivity contribution in [2.75, 3.05) is 5.75 Å². The molecule has 0 aliphatic carbocycles. The van der Waals surface area contributed by atoms with Crippen LogP contribution in [0.25, 0.3) is 0 Å². The van der Waals surface area contributed by atoms with E-state index in [1.807, 2.05) is 0 Å². The van der Waals surface area contributed by atoms with Crippen LogP contribution in [0.2, 0.25) is 0 Å². The lowest BCUT2D eigenvalue weighted by molar-refractivity contribution is 0.0490. The predicted molar refractivity (Wildman–Crippen MR) is 38.9 cm³/mol. The number of rotatable bonds is 1. The summed E-state index contributed by atoms with van der Waals surface area (Å²) < 4.78 is 5.07. The molecule has 50 valence electrons. The highest BCUT2D eigenvalue weighted by Crippen LogP contribution is 2.18. The zero-order chi connectivity index (χ0) is 6.85. The molecule has 0 saturated carbocycles. The second kappa shape index (κ2) is 2.95. The maximum Gasteiger partial charge on any atom is 0.109 e. The Labute approximate surface area is 61.4 Å². The summed E-state index contributed by atoms with van der Waals surface area (Å²) in [4.78, 5) is 0. The van der Waals surface area contributed by atoms with Crippen LogP contribution < -0.4 is 0 Å². The molecule has 4 heteroatoms. The standard InChI is InChI=1S/C5H9BO2S/c6-5-1-3(7)4(2-9)8-5/h3-5,7,9H,1-2H2/t3-,4+,5+/m0/s1. The third-order valence-electron chi connectivity index (χ3n) is 1.43. The first kappa shape index (κ1) is 7.44. The fourth-order valence-corrected chi connectivity index (χ4v) is 1.25. The lowest BCUT2D eigenvalue weighted by Gasteiger charge is -2.09. The Morgan fingerprint density at radius 2 is 2.44 bits per heavy atom. The zero-order valence-corrected chi connectivity index (χ0v) is 5.92. The third-order valence-corrected chi connectivity index (χ3v) is 1.79. The van der Waals surface area contributed by atoms with E-state index in [1.54, 1.807) is 0 Å². The quantitative estimate of drug-likeness (QED) is 0.386. The lowest BCUT2D eigenvalue weighted by Crippen LogP contribution is -2.22. The van der Waals surface area contributed by atoms with Gasteiger partial charge in [0.15, 0.2) is 0 Å². The first-order valence-corrected chi connectivity index (χ1v) is 3.57. The molecule has 9 heavy (non-hydrogen) atoms. The van der Waals surface area contributed by atoms with Gasteiger partial charge in [0, 0.05) is 11.8 Å². The summed E-state index contributed by atoms with van der Waals surface area (Å²) in [6.07, 6.45) is -0.0496. The highest BCUT2D eigenvalue weighted by Gasteiger charge is 2.29. The van der Waals surface area contributed by atoms with Gasteiger partial charge in [0.05, 0.1) is 12.2 Å². The molecule has 0 bridgehead atoms. The molecule has 0 amide bonds. The normalized spacial score (nSPS) is 43.6. The maximum atomic E-state index is 9.11. The number of aliphatic hydroxyl groups excluding tert-OH is 1. The Bertz CT molecular complexity index is 101. The smallest absolute Gasteiger partial charge is 0.109 e. The van der Waals surface area contributed by atoms with E-state index in [-0.39, 0.29) is 12.1 Å². The molecule has 0 aromatic rings. The molecule has 2 radical (unpaired) electrons. The molecule has 1 fully saturated rings. The van der Waals surface area contributed by atoms with Crippen LogP contribution in [0.4, 0.5) is 0 Å². The van der Waals surface area contributed by atoms with Crippen LogP contribution in [0.1, 0.15) is 6.42 Å². The Kier molecular flexibility index (Phi) is 2.44. The molecule has 1 aliphatic rings. The lowest BCUT2D eigenvalue weighted by atomic mass is 9.96. The molecular formula is C5H9BO2S. The summed E-state index contributed by atoms with van der Waals surface area (Å²) in [5.74, 6) is 0.537. The minimum atomic E-state index is -0.419. The van der Waals surface area contributed by atoms with Crippen molar-refractivity contribution in [2.24, 2.45) is 0 Å². The largest absolute Gasteiger partial charge is 0.390 e. The highest BCUT2D eigenvalue weighted by molar-refractivity contribution is 7.80. The SMILES string of the molecule is [B][C@H]1C[C@H](O)[C@@H](CS)O1. The molecule has 1 aliphatic heterocycles. The number of hydrogen-bond donors (Lipinski definition) is 2. The summed E-state index contributed by atoms with van der Waals surface area (Å²) in [5, 5.41) is 9.11. The fourth-order valence-electron chi connectivity index (χ4n) is 0.925. The molecule has 1 N–H and O–H groups in total. The van der Waals surface area contributed by atoms with Crippen molar-refractivity contribution in [1.82, 2.24) is 0 Å². The second-order valence-corrected chi connectivity index (χ2v) is 2.56. The molecule has 0 aromatic carbocycles. The van der Waals surface area contributed by atoms with E-state index in [0.717, 1.165) is 0 Å². The third kappa shape index (κ3) is 1.63. The van der Waals surface area contributed by atoms with Crippen molar-refractivity contribution >= 4 is 20.5 Å². The molecule has 3 atom stereocenters. The molecular weight excluding hydrogens is 135 g/mol. The maximum absolute atomic E-state index is 9.11. The van der Waals surface area contributed by atoms with Gasteiger partial charge < -0.3 is 9.84 Å². The minimum absolute atomic E-state index is 0.164. The molecule has 1 heterocycles. The van der Waals surface area contributed by atoms with Gasteiger partial charge in [0.2, 0.25) is 0 Å². The van der Waals surface area contributed by atoms with Crippen LogP contribution in [0.15, 0.2) is 0 Å². The minimum Gasteiger partial charge on any atom is -0.390 e. The molecule has 0 spiro atoms. The van der Waals surface area contributed by atoms with Gasteiger partial charge in [-0.2, -0.15) is 12.6 Å². The topological polar surface area (TPSA) is 29.5 Å². The van der Waals surface area contributed by atoms with Gasteiger partial charge >= 0.3 is 0 Å². The molecule has 2 nitrogen and oxygen atoms in total. The van der Waals surface area contributed by atoms with Crippen LogP contribution in [-0.2, 0) is 4.74 Å². The van der Waals surface area contributed by atoms with Gasteiger partial charge in [-0.25, -0.2) is 0 Å². The van der Waals surface area contributed by atoms with E-state index in [0.29, 0.717) is 12.2 Å². The van der Waals surface area contributed by atoms with Crippen LogP contribution in [0, 0.1) is 0 Å². The Balaban J connectivity index is 2.38. The Hall–Kier alpha value is 0.335. The average molecular weight is 144 g/mol. The molecule has 1 rings (SSSR count). The molecule has 1 saturated heterocycles. The Morgan fingerprint density at radius 1 is 1.78 bits per heavy atom. The van der Waals surface area contributed by atoms with Gasteiger partial charge in [-0.3, -0.25) is 0 Å². The van der Waals surface area contributed by atoms with E-state index < -0.39 is 6.10 Å². The fraction of sp³-hybridized carbons (Fsp3) is 1.00. The van der Waals surface area contributed by atoms with E-state index in [4.69, 9.17) is 17.7 Å². The predicted octanol–water partition coefficient (Wildman–Crippen LogP) is -0.439. The molecule has 0 aromatic heterocycles. The Morgan fingerprint density at radius 3 is 2.67 bits per heavy atom. The van der Waals surface area contributed by atoms with Crippen molar-refractivity contribution < 1.29 is 9.84 Å². The number of ether oxygens (including phenoxy) is 1. The van der Waals surface area contributed by atoms with Gasteiger partial charge in [0.1, 0.15) is 7.85 Å². The van der Waals surface area contributed by atoms with Gasteiger partial charge in [-0.05, 0) is 6.42 Å². The van der Waals surface area contributed by atoms with Crippen molar-refractivity contribution in [3.05, 3.63) is 0 Å². The van der Waals surface area contributed by atoms with Gasteiger partial charge in [-0.1, -0.05) is 0 Å². The monoisotopic (exact) mass is 144 g/mol.